The highest BCUT2D eigenvalue weighted by atomic mass is 16.7. The Morgan fingerprint density at radius 1 is 1.44 bits per heavy atom. The second-order valence-electron chi connectivity index (χ2n) is 1.56. The van der Waals surface area contributed by atoms with Crippen LogP contribution in [0.1, 0.15) is 0 Å². The number of aromatic nitrogens is 1. The minimum atomic E-state index is 0.706. The Hall–Kier alpha value is -1.12. The molecule has 0 aliphatic heterocycles. The topological polar surface area (TPSA) is 23.4 Å². The number of hydrogen-bond acceptors (Lipinski definition) is 2. The molecule has 1 heterocycles. The van der Waals surface area contributed by atoms with E-state index in [0.717, 1.165) is 0 Å². The van der Waals surface area contributed by atoms with Gasteiger partial charge in [0.15, 0.2) is 0 Å². The molecule has 50 valence electrons. The van der Waals surface area contributed by atoms with E-state index in [4.69, 9.17) is 9.57 Å². The number of ether oxygens (including phenoxy) is 1. The van der Waals surface area contributed by atoms with Crippen molar-refractivity contribution in [3.63, 3.8) is 0 Å². The maximum atomic E-state index is 4.91. The van der Waals surface area contributed by atoms with E-state index in [2.05, 4.69) is 0 Å². The Balaban J connectivity index is 2.85. The van der Waals surface area contributed by atoms with Crippen LogP contribution in [0.5, 0.6) is 5.88 Å². The first-order valence-electron chi connectivity index (χ1n) is 2.64. The van der Waals surface area contributed by atoms with Crippen molar-refractivity contribution in [2.24, 2.45) is 0 Å². The summed E-state index contributed by atoms with van der Waals surface area (Å²) in [6.45, 7) is 0. The Kier molecular flexibility index (Phi) is 1.63. The highest BCUT2D eigenvalue weighted by molar-refractivity contribution is 5.11. The zero-order valence-corrected chi connectivity index (χ0v) is 5.50. The Morgan fingerprint density at radius 3 is 2.67 bits per heavy atom. The first kappa shape index (κ1) is 6.01. The number of nitrogens with zero attached hydrogens (tertiary/aromatic N) is 1. The lowest BCUT2D eigenvalue weighted by atomic mass is 10.7. The van der Waals surface area contributed by atoms with Gasteiger partial charge < -0.3 is 9.57 Å². The van der Waals surface area contributed by atoms with Crippen molar-refractivity contribution >= 4 is 0 Å². The lowest BCUT2D eigenvalue weighted by molar-refractivity contribution is 0.140. The molecule has 1 aromatic heterocycles. The molecule has 0 bridgehead atoms. The van der Waals surface area contributed by atoms with Crippen LogP contribution in [0.4, 0.5) is 0 Å². The summed E-state index contributed by atoms with van der Waals surface area (Å²) in [5.41, 5.74) is 0. The first-order chi connectivity index (χ1) is 4.38. The SMILES string of the molecule is COc1cccn1OC. The van der Waals surface area contributed by atoms with Crippen LogP contribution in [0.3, 0.4) is 0 Å². The lowest BCUT2D eigenvalue weighted by Gasteiger charge is -2.03. The van der Waals surface area contributed by atoms with Crippen LogP contribution in [0.2, 0.25) is 0 Å². The van der Waals surface area contributed by atoms with E-state index in [1.165, 1.54) is 0 Å². The predicted molar refractivity (Wildman–Crippen MR) is 33.5 cm³/mol. The van der Waals surface area contributed by atoms with E-state index in [1.54, 1.807) is 25.1 Å². The smallest absolute Gasteiger partial charge is 0.226 e. The molecule has 0 unspecified atom stereocenters. The van der Waals surface area contributed by atoms with Gasteiger partial charge in [-0.1, -0.05) is 0 Å². The van der Waals surface area contributed by atoms with Gasteiger partial charge in [0, 0.05) is 12.3 Å². The third-order valence-electron chi connectivity index (χ3n) is 1.08. The Labute approximate surface area is 53.8 Å². The van der Waals surface area contributed by atoms with Crippen LogP contribution < -0.4 is 9.57 Å². The van der Waals surface area contributed by atoms with Gasteiger partial charge in [0.05, 0.1) is 7.11 Å². The molecule has 9 heavy (non-hydrogen) atoms. The molecule has 0 aliphatic carbocycles. The first-order valence-corrected chi connectivity index (χ1v) is 2.64. The largest absolute Gasteiger partial charge is 0.480 e. The lowest BCUT2D eigenvalue weighted by Crippen LogP contribution is -2.05. The maximum absolute atomic E-state index is 4.91. The second-order valence-corrected chi connectivity index (χ2v) is 1.56. The van der Waals surface area contributed by atoms with Crippen LogP contribution in [0, 0.1) is 0 Å². The molecule has 1 rings (SSSR count). The van der Waals surface area contributed by atoms with Crippen LogP contribution in [-0.4, -0.2) is 19.0 Å². The predicted octanol–water partition coefficient (Wildman–Crippen LogP) is 0.555. The molecule has 0 atom stereocenters. The van der Waals surface area contributed by atoms with Crippen molar-refractivity contribution in [1.82, 2.24) is 4.73 Å². The van der Waals surface area contributed by atoms with Gasteiger partial charge in [0.25, 0.3) is 0 Å². The summed E-state index contributed by atoms with van der Waals surface area (Å²) in [5.74, 6) is 0.706. The molecule has 0 fully saturated rings. The minimum absolute atomic E-state index is 0.706. The fraction of sp³-hybridized carbons (Fsp3) is 0.333. The fourth-order valence-electron chi connectivity index (χ4n) is 0.659. The van der Waals surface area contributed by atoms with Crippen molar-refractivity contribution in [2.75, 3.05) is 14.2 Å². The highest BCUT2D eigenvalue weighted by Gasteiger charge is 1.95. The quantitative estimate of drug-likeness (QED) is 0.579. The Morgan fingerprint density at radius 2 is 2.22 bits per heavy atom. The zero-order chi connectivity index (χ0) is 6.69. The van der Waals surface area contributed by atoms with Crippen molar-refractivity contribution in [2.45, 2.75) is 0 Å². The molecule has 0 radical (unpaired) electrons. The Bertz CT molecular complexity index is 164. The summed E-state index contributed by atoms with van der Waals surface area (Å²) >= 11 is 0. The summed E-state index contributed by atoms with van der Waals surface area (Å²) in [5, 5.41) is 0. The number of methoxy groups -OCH3 is 1. The van der Waals surface area contributed by atoms with Crippen LogP contribution >= 0.6 is 0 Å². The maximum Gasteiger partial charge on any atom is 0.226 e. The normalized spacial score (nSPS) is 9.11. The van der Waals surface area contributed by atoms with Gasteiger partial charge in [0.1, 0.15) is 7.11 Å². The van der Waals surface area contributed by atoms with Gasteiger partial charge in [-0.2, -0.15) is 4.73 Å². The molecule has 0 spiro atoms. The highest BCUT2D eigenvalue weighted by Crippen LogP contribution is 2.07. The molecule has 0 saturated heterocycles. The second kappa shape index (κ2) is 2.44. The summed E-state index contributed by atoms with van der Waals surface area (Å²) < 4.78 is 6.46. The zero-order valence-electron chi connectivity index (χ0n) is 5.50. The molecule has 1 aromatic rings. The van der Waals surface area contributed by atoms with Gasteiger partial charge >= 0.3 is 0 Å². The van der Waals surface area contributed by atoms with Gasteiger partial charge in [-0.15, -0.1) is 0 Å². The van der Waals surface area contributed by atoms with E-state index in [1.807, 2.05) is 12.1 Å². The minimum Gasteiger partial charge on any atom is -0.480 e. The molecule has 0 saturated carbocycles. The molecule has 0 N–H and O–H groups in total. The van der Waals surface area contributed by atoms with Crippen LogP contribution in [0.25, 0.3) is 0 Å². The monoisotopic (exact) mass is 127 g/mol. The average Bonchev–Trinajstić information content (AvgIpc) is 2.33. The standard InChI is InChI=1S/C6H9NO2/c1-8-6-4-3-5-7(6)9-2/h3-5H,1-2H3. The van der Waals surface area contributed by atoms with Crippen molar-refractivity contribution in [3.8, 4) is 5.88 Å². The van der Waals surface area contributed by atoms with Gasteiger partial charge in [-0.3, -0.25) is 0 Å². The van der Waals surface area contributed by atoms with E-state index in [-0.39, 0.29) is 0 Å². The average molecular weight is 127 g/mol. The van der Waals surface area contributed by atoms with E-state index >= 15 is 0 Å². The van der Waals surface area contributed by atoms with Gasteiger partial charge in [0.2, 0.25) is 5.88 Å². The fourth-order valence-corrected chi connectivity index (χ4v) is 0.659. The van der Waals surface area contributed by atoms with Crippen LogP contribution in [-0.2, 0) is 0 Å². The molecule has 0 aliphatic rings. The molecule has 0 amide bonds. The molecular formula is C6H9NO2. The number of rotatable bonds is 2. The summed E-state index contributed by atoms with van der Waals surface area (Å²) in [4.78, 5) is 4.87. The van der Waals surface area contributed by atoms with E-state index < -0.39 is 0 Å². The molecule has 3 nitrogen and oxygen atoms in total. The summed E-state index contributed by atoms with van der Waals surface area (Å²) in [6, 6.07) is 3.67. The van der Waals surface area contributed by atoms with Crippen molar-refractivity contribution < 1.29 is 9.57 Å². The van der Waals surface area contributed by atoms with Gasteiger partial charge in [-0.05, 0) is 6.07 Å². The summed E-state index contributed by atoms with van der Waals surface area (Å²) in [7, 11) is 3.19. The number of hydrogen-bond donors (Lipinski definition) is 0. The molecule has 0 aromatic carbocycles. The third-order valence-corrected chi connectivity index (χ3v) is 1.08. The molecular weight excluding hydrogens is 118 g/mol. The van der Waals surface area contributed by atoms with E-state index in [0.29, 0.717) is 5.88 Å². The summed E-state index contributed by atoms with van der Waals surface area (Å²) in [6.07, 6.45) is 1.78. The van der Waals surface area contributed by atoms with E-state index in [9.17, 15) is 0 Å². The van der Waals surface area contributed by atoms with Crippen molar-refractivity contribution in [1.29, 1.82) is 0 Å². The van der Waals surface area contributed by atoms with Crippen molar-refractivity contribution in [3.05, 3.63) is 18.3 Å². The third kappa shape index (κ3) is 0.988. The van der Waals surface area contributed by atoms with Gasteiger partial charge in [-0.25, -0.2) is 0 Å². The molecule has 3 heteroatoms. The van der Waals surface area contributed by atoms with Crippen LogP contribution in [0.15, 0.2) is 18.3 Å².